The zero-order valence-corrected chi connectivity index (χ0v) is 15.7. The van der Waals surface area contributed by atoms with Crippen molar-refractivity contribution in [3.63, 3.8) is 0 Å². The van der Waals surface area contributed by atoms with E-state index in [4.69, 9.17) is 4.74 Å². The molecule has 0 saturated carbocycles. The number of esters is 1. The number of rotatable bonds is 7. The summed E-state index contributed by atoms with van der Waals surface area (Å²) in [6.07, 6.45) is 0. The van der Waals surface area contributed by atoms with Crippen molar-refractivity contribution in [1.82, 2.24) is 5.32 Å². The Morgan fingerprint density at radius 1 is 0.931 bits per heavy atom. The molecule has 0 aliphatic carbocycles. The van der Waals surface area contributed by atoms with Gasteiger partial charge in [0.05, 0.1) is 17.8 Å². The Morgan fingerprint density at radius 2 is 1.59 bits per heavy atom. The Hall–Kier alpha value is -3.36. The lowest BCUT2D eigenvalue weighted by Crippen LogP contribution is -2.35. The number of hydrogen-bond acceptors (Lipinski definition) is 4. The average molecular weight is 408 g/mol. The van der Waals surface area contributed by atoms with Gasteiger partial charge in [-0.05, 0) is 35.7 Å². The molecular weight excluding hydrogens is 389 g/mol. The van der Waals surface area contributed by atoms with Crippen molar-refractivity contribution in [1.29, 1.82) is 0 Å². The van der Waals surface area contributed by atoms with Crippen LogP contribution >= 0.6 is 0 Å². The van der Waals surface area contributed by atoms with Crippen molar-refractivity contribution in [2.24, 2.45) is 0 Å². The number of nitrogens with one attached hydrogen (secondary N) is 2. The molecule has 2 aromatic rings. The first kappa shape index (κ1) is 21.9. The molecule has 0 aliphatic rings. The number of amides is 2. The van der Waals surface area contributed by atoms with Gasteiger partial charge in [0.1, 0.15) is 0 Å². The molecule has 29 heavy (non-hydrogen) atoms. The summed E-state index contributed by atoms with van der Waals surface area (Å²) >= 11 is 0. The van der Waals surface area contributed by atoms with Crippen molar-refractivity contribution >= 4 is 23.5 Å². The van der Waals surface area contributed by atoms with E-state index in [1.54, 1.807) is 24.3 Å². The van der Waals surface area contributed by atoms with Gasteiger partial charge in [-0.3, -0.25) is 9.59 Å². The summed E-state index contributed by atoms with van der Waals surface area (Å²) in [5.41, 5.74) is 0.746. The van der Waals surface area contributed by atoms with Gasteiger partial charge in [0.25, 0.3) is 5.91 Å². The van der Waals surface area contributed by atoms with Crippen LogP contribution in [0.3, 0.4) is 0 Å². The van der Waals surface area contributed by atoms with Crippen molar-refractivity contribution in [3.05, 3.63) is 65.0 Å². The van der Waals surface area contributed by atoms with Gasteiger partial charge in [-0.15, -0.1) is 0 Å². The Balaban J connectivity index is 1.78. The fraction of sp³-hybridized carbons (Fsp3) is 0.250. The predicted octanol–water partition coefficient (Wildman–Crippen LogP) is 3.14. The highest BCUT2D eigenvalue weighted by molar-refractivity contribution is 5.95. The molecule has 0 bridgehead atoms. The third-order valence-electron chi connectivity index (χ3n) is 3.90. The Bertz CT molecular complexity index is 915. The summed E-state index contributed by atoms with van der Waals surface area (Å²) in [5.74, 6) is -6.71. The predicted molar refractivity (Wildman–Crippen MR) is 98.8 cm³/mol. The lowest BCUT2D eigenvalue weighted by molar-refractivity contribution is -0.126. The number of carbonyl (C=O) groups excluding carboxylic acids is 3. The zero-order valence-electron chi connectivity index (χ0n) is 15.7. The largest absolute Gasteiger partial charge is 0.452 e. The topological polar surface area (TPSA) is 84.5 Å². The van der Waals surface area contributed by atoms with Crippen LogP contribution in [0, 0.1) is 17.5 Å². The fourth-order valence-electron chi connectivity index (χ4n) is 2.27. The summed E-state index contributed by atoms with van der Waals surface area (Å²) in [7, 11) is 0. The molecule has 0 spiro atoms. The molecule has 2 aromatic carbocycles. The molecule has 0 saturated heterocycles. The van der Waals surface area contributed by atoms with Crippen LogP contribution < -0.4 is 10.6 Å². The molecule has 0 radical (unpaired) electrons. The van der Waals surface area contributed by atoms with Gasteiger partial charge in [0, 0.05) is 0 Å². The summed E-state index contributed by atoms with van der Waals surface area (Å²) in [6, 6.07) is 8.23. The summed E-state index contributed by atoms with van der Waals surface area (Å²) in [6.45, 7) is 2.80. The van der Waals surface area contributed by atoms with Gasteiger partial charge in [-0.1, -0.05) is 26.0 Å². The SMILES string of the molecule is CC(C)c1ccc(C(=O)OCC(=O)NCC(=O)Nc2ccc(F)c(F)c2F)cc1. The highest BCUT2D eigenvalue weighted by atomic mass is 19.2. The minimum atomic E-state index is -1.72. The maximum absolute atomic E-state index is 13.5. The number of carbonyl (C=O) groups is 3. The number of ether oxygens (including phenoxy) is 1. The number of halogens is 3. The minimum Gasteiger partial charge on any atom is -0.452 e. The average Bonchev–Trinajstić information content (AvgIpc) is 2.71. The van der Waals surface area contributed by atoms with Gasteiger partial charge in [-0.2, -0.15) is 0 Å². The third-order valence-corrected chi connectivity index (χ3v) is 3.90. The van der Waals surface area contributed by atoms with E-state index in [1.807, 2.05) is 19.2 Å². The normalized spacial score (nSPS) is 10.6. The Morgan fingerprint density at radius 3 is 2.21 bits per heavy atom. The molecule has 0 unspecified atom stereocenters. The second-order valence-electron chi connectivity index (χ2n) is 6.40. The van der Waals surface area contributed by atoms with E-state index in [9.17, 15) is 27.6 Å². The lowest BCUT2D eigenvalue weighted by atomic mass is 10.0. The van der Waals surface area contributed by atoms with Gasteiger partial charge >= 0.3 is 5.97 Å². The minimum absolute atomic E-state index is 0.272. The highest BCUT2D eigenvalue weighted by Gasteiger charge is 2.16. The molecule has 0 heterocycles. The van der Waals surface area contributed by atoms with E-state index < -0.39 is 54.1 Å². The van der Waals surface area contributed by atoms with Crippen LogP contribution in [0.25, 0.3) is 0 Å². The van der Waals surface area contributed by atoms with Gasteiger partial charge in [-0.25, -0.2) is 18.0 Å². The van der Waals surface area contributed by atoms with Crippen LogP contribution in [-0.2, 0) is 14.3 Å². The van der Waals surface area contributed by atoms with Crippen LogP contribution in [-0.4, -0.2) is 30.9 Å². The maximum atomic E-state index is 13.5. The lowest BCUT2D eigenvalue weighted by Gasteiger charge is -2.09. The zero-order chi connectivity index (χ0) is 21.6. The maximum Gasteiger partial charge on any atom is 0.338 e. The molecular formula is C20H19F3N2O4. The van der Waals surface area contributed by atoms with Gasteiger partial charge in [0.15, 0.2) is 24.1 Å². The monoisotopic (exact) mass is 408 g/mol. The van der Waals surface area contributed by atoms with Crippen molar-refractivity contribution in [3.8, 4) is 0 Å². The first-order valence-electron chi connectivity index (χ1n) is 8.66. The standard InChI is InChI=1S/C20H19F3N2O4/c1-11(2)12-3-5-13(6-4-12)20(28)29-10-17(27)24-9-16(26)25-15-8-7-14(21)18(22)19(15)23/h3-8,11H,9-10H2,1-2H3,(H,24,27)(H,25,26). The highest BCUT2D eigenvalue weighted by Crippen LogP contribution is 2.19. The molecule has 0 aromatic heterocycles. The third kappa shape index (κ3) is 6.06. The first-order chi connectivity index (χ1) is 13.7. The quantitative estimate of drug-likeness (QED) is 0.545. The second-order valence-corrected chi connectivity index (χ2v) is 6.40. The van der Waals surface area contributed by atoms with Crippen molar-refractivity contribution in [2.75, 3.05) is 18.5 Å². The van der Waals surface area contributed by atoms with Crippen LogP contribution in [0.4, 0.5) is 18.9 Å². The van der Waals surface area contributed by atoms with Crippen LogP contribution in [0.15, 0.2) is 36.4 Å². The van der Waals surface area contributed by atoms with E-state index in [1.165, 1.54) is 0 Å². The van der Waals surface area contributed by atoms with Gasteiger partial charge < -0.3 is 15.4 Å². The number of benzene rings is 2. The Kier molecular flexibility index (Phi) is 7.35. The molecule has 2 amide bonds. The molecule has 154 valence electrons. The van der Waals surface area contributed by atoms with E-state index in [2.05, 4.69) is 5.32 Å². The first-order valence-corrected chi connectivity index (χ1v) is 8.66. The molecule has 0 atom stereocenters. The number of anilines is 1. The van der Waals surface area contributed by atoms with E-state index >= 15 is 0 Å². The van der Waals surface area contributed by atoms with Crippen LogP contribution in [0.2, 0.25) is 0 Å². The van der Waals surface area contributed by atoms with Crippen LogP contribution in [0.5, 0.6) is 0 Å². The summed E-state index contributed by atoms with van der Waals surface area (Å²) in [4.78, 5) is 35.3. The molecule has 0 aliphatic heterocycles. The second kappa shape index (κ2) is 9.72. The van der Waals surface area contributed by atoms with Gasteiger partial charge in [0.2, 0.25) is 5.91 Å². The van der Waals surface area contributed by atoms with E-state index in [-0.39, 0.29) is 5.56 Å². The summed E-state index contributed by atoms with van der Waals surface area (Å²) in [5, 5.41) is 4.16. The molecule has 2 rings (SSSR count). The van der Waals surface area contributed by atoms with E-state index in [0.717, 1.165) is 11.6 Å². The molecule has 6 nitrogen and oxygen atoms in total. The number of hydrogen-bond donors (Lipinski definition) is 2. The van der Waals surface area contributed by atoms with E-state index in [0.29, 0.717) is 12.0 Å². The summed E-state index contributed by atoms with van der Waals surface area (Å²) < 4.78 is 44.3. The van der Waals surface area contributed by atoms with Crippen molar-refractivity contribution in [2.45, 2.75) is 19.8 Å². The fourth-order valence-corrected chi connectivity index (χ4v) is 2.27. The molecule has 0 fully saturated rings. The Labute approximate surface area is 165 Å². The smallest absolute Gasteiger partial charge is 0.338 e. The molecule has 9 heteroatoms. The van der Waals surface area contributed by atoms with Crippen LogP contribution in [0.1, 0.15) is 35.7 Å². The van der Waals surface area contributed by atoms with Crippen molar-refractivity contribution < 1.29 is 32.3 Å². The molecule has 2 N–H and O–H groups in total.